The molecule has 7 heteroatoms. The van der Waals surface area contributed by atoms with Crippen LogP contribution in [0.4, 0.5) is 9.59 Å². The molecule has 1 saturated heterocycles. The van der Waals surface area contributed by atoms with Crippen LogP contribution in [0.15, 0.2) is 30.3 Å². The average Bonchev–Trinajstić information content (AvgIpc) is 2.59. The van der Waals surface area contributed by atoms with Gasteiger partial charge in [-0.3, -0.25) is 0 Å². The van der Waals surface area contributed by atoms with E-state index in [2.05, 4.69) is 0 Å². The largest absolute Gasteiger partial charge is 0.445 e. The lowest BCUT2D eigenvalue weighted by Crippen LogP contribution is -2.57. The molecule has 1 aliphatic heterocycles. The Morgan fingerprint density at radius 3 is 2.46 bits per heavy atom. The Balaban J connectivity index is 1.94. The Morgan fingerprint density at radius 1 is 1.15 bits per heavy atom. The number of amides is 2. The summed E-state index contributed by atoms with van der Waals surface area (Å²) in [5, 5.41) is 0. The summed E-state index contributed by atoms with van der Waals surface area (Å²) < 4.78 is 10.9. The number of nitrogens with zero attached hydrogens (tertiary/aromatic N) is 2. The Bertz CT molecular complexity index is 601. The molecule has 7 nitrogen and oxygen atoms in total. The summed E-state index contributed by atoms with van der Waals surface area (Å²) in [4.78, 5) is 28.1. The van der Waals surface area contributed by atoms with Crippen LogP contribution in [0.5, 0.6) is 0 Å². The van der Waals surface area contributed by atoms with E-state index >= 15 is 0 Å². The van der Waals surface area contributed by atoms with Gasteiger partial charge in [0.25, 0.3) is 0 Å². The summed E-state index contributed by atoms with van der Waals surface area (Å²) in [5.74, 6) is 0. The molecule has 1 fully saturated rings. The van der Waals surface area contributed by atoms with Crippen molar-refractivity contribution in [3.63, 3.8) is 0 Å². The van der Waals surface area contributed by atoms with E-state index in [-0.39, 0.29) is 24.8 Å². The van der Waals surface area contributed by atoms with Crippen LogP contribution in [-0.2, 0) is 16.1 Å². The van der Waals surface area contributed by atoms with Crippen LogP contribution < -0.4 is 5.73 Å². The molecule has 0 aliphatic carbocycles. The maximum absolute atomic E-state index is 12.5. The van der Waals surface area contributed by atoms with Gasteiger partial charge in [-0.15, -0.1) is 0 Å². The highest BCUT2D eigenvalue weighted by atomic mass is 16.6. The SMILES string of the molecule is CC(C)(C)OC(=O)N1CCN(C(=O)OCc2ccccc2)C(CCN)C1. The Labute approximate surface area is 155 Å². The molecule has 1 heterocycles. The number of benzene rings is 1. The molecule has 0 aromatic heterocycles. The van der Waals surface area contributed by atoms with Crippen molar-refractivity contribution in [2.75, 3.05) is 26.2 Å². The highest BCUT2D eigenvalue weighted by Crippen LogP contribution is 2.18. The highest BCUT2D eigenvalue weighted by molar-refractivity contribution is 5.71. The van der Waals surface area contributed by atoms with Gasteiger partial charge in [0.15, 0.2) is 0 Å². The van der Waals surface area contributed by atoms with E-state index < -0.39 is 5.60 Å². The van der Waals surface area contributed by atoms with Crippen LogP contribution in [0.25, 0.3) is 0 Å². The van der Waals surface area contributed by atoms with E-state index in [4.69, 9.17) is 15.2 Å². The van der Waals surface area contributed by atoms with Crippen LogP contribution in [0.1, 0.15) is 32.8 Å². The molecule has 1 aromatic carbocycles. The zero-order chi connectivity index (χ0) is 19.2. The number of carbonyl (C=O) groups is 2. The van der Waals surface area contributed by atoms with Gasteiger partial charge in [0.1, 0.15) is 12.2 Å². The molecule has 1 unspecified atom stereocenters. The third-order valence-electron chi connectivity index (χ3n) is 4.07. The third kappa shape index (κ3) is 5.91. The fourth-order valence-electron chi connectivity index (χ4n) is 2.83. The van der Waals surface area contributed by atoms with Crippen LogP contribution in [-0.4, -0.2) is 59.8 Å². The molecule has 1 aromatic rings. The van der Waals surface area contributed by atoms with E-state index in [0.29, 0.717) is 32.6 Å². The van der Waals surface area contributed by atoms with Crippen molar-refractivity contribution in [1.82, 2.24) is 9.80 Å². The van der Waals surface area contributed by atoms with Gasteiger partial charge in [0.05, 0.1) is 6.04 Å². The first-order chi connectivity index (χ1) is 12.3. The Hall–Kier alpha value is -2.28. The molecule has 1 atom stereocenters. The number of ether oxygens (including phenoxy) is 2. The number of carbonyl (C=O) groups excluding carboxylic acids is 2. The van der Waals surface area contributed by atoms with E-state index in [1.165, 1.54) is 0 Å². The van der Waals surface area contributed by atoms with Crippen LogP contribution >= 0.6 is 0 Å². The minimum Gasteiger partial charge on any atom is -0.445 e. The summed E-state index contributed by atoms with van der Waals surface area (Å²) in [6.45, 7) is 7.36. The van der Waals surface area contributed by atoms with E-state index in [1.54, 1.807) is 9.80 Å². The average molecular weight is 363 g/mol. The van der Waals surface area contributed by atoms with Gasteiger partial charge in [-0.25, -0.2) is 9.59 Å². The lowest BCUT2D eigenvalue weighted by molar-refractivity contribution is 0.000435. The summed E-state index contributed by atoms with van der Waals surface area (Å²) >= 11 is 0. The van der Waals surface area contributed by atoms with Crippen molar-refractivity contribution in [3.8, 4) is 0 Å². The summed E-state index contributed by atoms with van der Waals surface area (Å²) in [6.07, 6.45) is -0.146. The predicted octanol–water partition coefficient (Wildman–Crippen LogP) is 2.59. The molecule has 0 bridgehead atoms. The maximum atomic E-state index is 12.5. The first-order valence-electron chi connectivity index (χ1n) is 8.95. The van der Waals surface area contributed by atoms with Gasteiger partial charge < -0.3 is 25.0 Å². The lowest BCUT2D eigenvalue weighted by atomic mass is 10.1. The van der Waals surface area contributed by atoms with Gasteiger partial charge in [-0.2, -0.15) is 0 Å². The van der Waals surface area contributed by atoms with Crippen LogP contribution in [0.3, 0.4) is 0 Å². The highest BCUT2D eigenvalue weighted by Gasteiger charge is 2.34. The van der Waals surface area contributed by atoms with Crippen molar-refractivity contribution in [2.24, 2.45) is 5.73 Å². The summed E-state index contributed by atoms with van der Waals surface area (Å²) in [5.41, 5.74) is 6.08. The van der Waals surface area contributed by atoms with Gasteiger partial charge in [-0.05, 0) is 39.3 Å². The number of piperazine rings is 1. The second-order valence-electron chi connectivity index (χ2n) is 7.39. The van der Waals surface area contributed by atoms with Crippen molar-refractivity contribution in [2.45, 2.75) is 45.4 Å². The fraction of sp³-hybridized carbons (Fsp3) is 0.579. The van der Waals surface area contributed by atoms with Crippen molar-refractivity contribution in [3.05, 3.63) is 35.9 Å². The van der Waals surface area contributed by atoms with Crippen LogP contribution in [0, 0.1) is 0 Å². The standard InChI is InChI=1S/C19H29N3O4/c1-19(2,3)26-17(23)21-11-12-22(16(13-21)9-10-20)18(24)25-14-15-7-5-4-6-8-15/h4-8,16H,9-14,20H2,1-3H3. The van der Waals surface area contributed by atoms with Crippen molar-refractivity contribution >= 4 is 12.2 Å². The summed E-state index contributed by atoms with van der Waals surface area (Å²) in [7, 11) is 0. The molecule has 2 N–H and O–H groups in total. The monoisotopic (exact) mass is 363 g/mol. The number of hydrogen-bond donors (Lipinski definition) is 1. The second-order valence-corrected chi connectivity index (χ2v) is 7.39. The Kier molecular flexibility index (Phi) is 6.85. The Morgan fingerprint density at radius 2 is 1.85 bits per heavy atom. The molecular weight excluding hydrogens is 334 g/mol. The normalized spacial score (nSPS) is 17.8. The van der Waals surface area contributed by atoms with Crippen LogP contribution in [0.2, 0.25) is 0 Å². The maximum Gasteiger partial charge on any atom is 0.410 e. The summed E-state index contributed by atoms with van der Waals surface area (Å²) in [6, 6.07) is 9.36. The lowest BCUT2D eigenvalue weighted by Gasteiger charge is -2.40. The first kappa shape index (κ1) is 20.0. The molecule has 1 aliphatic rings. The van der Waals surface area contributed by atoms with Crippen molar-refractivity contribution in [1.29, 1.82) is 0 Å². The molecule has 0 radical (unpaired) electrons. The van der Waals surface area contributed by atoms with Gasteiger partial charge in [-0.1, -0.05) is 30.3 Å². The predicted molar refractivity (Wildman–Crippen MR) is 98.6 cm³/mol. The zero-order valence-corrected chi connectivity index (χ0v) is 15.8. The molecule has 2 rings (SSSR count). The fourth-order valence-corrected chi connectivity index (χ4v) is 2.83. The van der Waals surface area contributed by atoms with E-state index in [0.717, 1.165) is 5.56 Å². The molecule has 2 amide bonds. The van der Waals surface area contributed by atoms with E-state index in [1.807, 2.05) is 51.1 Å². The molecule has 144 valence electrons. The molecule has 26 heavy (non-hydrogen) atoms. The first-order valence-corrected chi connectivity index (χ1v) is 8.95. The minimum absolute atomic E-state index is 0.176. The van der Waals surface area contributed by atoms with Gasteiger partial charge >= 0.3 is 12.2 Å². The number of rotatable bonds is 4. The quantitative estimate of drug-likeness (QED) is 0.889. The van der Waals surface area contributed by atoms with Crippen molar-refractivity contribution < 1.29 is 19.1 Å². The number of nitrogens with two attached hydrogens (primary N) is 1. The smallest absolute Gasteiger partial charge is 0.410 e. The minimum atomic E-state index is -0.549. The van der Waals surface area contributed by atoms with E-state index in [9.17, 15) is 9.59 Å². The topological polar surface area (TPSA) is 85.1 Å². The second kappa shape index (κ2) is 8.89. The van der Waals surface area contributed by atoms with Gasteiger partial charge in [0, 0.05) is 19.6 Å². The third-order valence-corrected chi connectivity index (χ3v) is 4.07. The molecule has 0 saturated carbocycles. The molecular formula is C19H29N3O4. The van der Waals surface area contributed by atoms with Gasteiger partial charge in [0.2, 0.25) is 0 Å². The zero-order valence-electron chi connectivity index (χ0n) is 15.8. The number of hydrogen-bond acceptors (Lipinski definition) is 5. The molecule has 0 spiro atoms.